The van der Waals surface area contributed by atoms with Gasteiger partial charge in [-0.05, 0) is 19.1 Å². The highest BCUT2D eigenvalue weighted by molar-refractivity contribution is 5.88. The smallest absolute Gasteiger partial charge is 0.343 e. The summed E-state index contributed by atoms with van der Waals surface area (Å²) in [5.41, 5.74) is 0.711. The minimum atomic E-state index is -0.846. The first-order valence-corrected chi connectivity index (χ1v) is 10.5. The van der Waals surface area contributed by atoms with E-state index in [9.17, 15) is 14.9 Å². The zero-order valence-electron chi connectivity index (χ0n) is 18.9. The van der Waals surface area contributed by atoms with Gasteiger partial charge in [0.05, 0.1) is 15.9 Å². The molecule has 3 aromatic rings. The van der Waals surface area contributed by atoms with Crippen LogP contribution in [0.3, 0.4) is 0 Å². The standard InChI is InChI=1S/C24H27N3O5/c1-23(2)14-24(3,25-13-15-8-6-7-9-18(15)27(29)30)32-21-17-11-10-16(26(4)5)12-19(17)31-22(28)20(21)23/h6-12,25H,13-14H2,1-5H3/t24-/m0/s1. The number of nitrogens with one attached hydrogen (secondary N) is 1. The lowest BCUT2D eigenvalue weighted by molar-refractivity contribution is -0.385. The monoisotopic (exact) mass is 437 g/mol. The number of rotatable bonds is 5. The van der Waals surface area contributed by atoms with Gasteiger partial charge in [-0.2, -0.15) is 0 Å². The van der Waals surface area contributed by atoms with Crippen molar-refractivity contribution in [3.05, 3.63) is 74.1 Å². The Balaban J connectivity index is 1.75. The van der Waals surface area contributed by atoms with E-state index in [0.717, 1.165) is 11.1 Å². The van der Waals surface area contributed by atoms with Gasteiger partial charge in [-0.1, -0.05) is 32.0 Å². The highest BCUT2D eigenvalue weighted by Gasteiger charge is 2.45. The number of para-hydroxylation sites is 1. The molecule has 2 heterocycles. The van der Waals surface area contributed by atoms with Crippen molar-refractivity contribution in [1.29, 1.82) is 0 Å². The molecule has 1 aliphatic rings. The maximum absolute atomic E-state index is 12.9. The third-order valence-electron chi connectivity index (χ3n) is 5.98. The van der Waals surface area contributed by atoms with E-state index in [2.05, 4.69) is 5.32 Å². The SMILES string of the molecule is CN(C)c1ccc2c3c(c(=O)oc2c1)C(C)(C)C[C@@](C)(NCc1ccccc1[N+](=O)[O-])O3. The number of hydrogen-bond acceptors (Lipinski definition) is 7. The maximum Gasteiger partial charge on any atom is 0.343 e. The molecule has 0 amide bonds. The molecule has 0 saturated heterocycles. The number of nitro groups is 1. The van der Waals surface area contributed by atoms with Crippen molar-refractivity contribution < 1.29 is 14.1 Å². The quantitative estimate of drug-likeness (QED) is 0.360. The van der Waals surface area contributed by atoms with Crippen LogP contribution in [0.2, 0.25) is 0 Å². The fourth-order valence-corrected chi connectivity index (χ4v) is 4.54. The minimum absolute atomic E-state index is 0.0568. The molecular weight excluding hydrogens is 410 g/mol. The van der Waals surface area contributed by atoms with Gasteiger partial charge >= 0.3 is 5.63 Å². The average molecular weight is 437 g/mol. The van der Waals surface area contributed by atoms with E-state index in [4.69, 9.17) is 9.15 Å². The fraction of sp³-hybridized carbons (Fsp3) is 0.375. The normalized spacial score (nSPS) is 19.3. The summed E-state index contributed by atoms with van der Waals surface area (Å²) < 4.78 is 12.1. The maximum atomic E-state index is 12.9. The summed E-state index contributed by atoms with van der Waals surface area (Å²) in [4.78, 5) is 25.9. The molecule has 1 aromatic heterocycles. The van der Waals surface area contributed by atoms with Crippen molar-refractivity contribution in [2.75, 3.05) is 19.0 Å². The highest BCUT2D eigenvalue weighted by Crippen LogP contribution is 2.45. The van der Waals surface area contributed by atoms with Crippen LogP contribution in [0, 0.1) is 10.1 Å². The van der Waals surface area contributed by atoms with Crippen LogP contribution in [0.5, 0.6) is 5.75 Å². The topological polar surface area (TPSA) is 97.9 Å². The Hall–Kier alpha value is -3.39. The second-order valence-corrected chi connectivity index (χ2v) is 9.30. The summed E-state index contributed by atoms with van der Waals surface area (Å²) >= 11 is 0. The van der Waals surface area contributed by atoms with Crippen molar-refractivity contribution in [3.8, 4) is 5.75 Å². The van der Waals surface area contributed by atoms with Crippen LogP contribution >= 0.6 is 0 Å². The van der Waals surface area contributed by atoms with E-state index in [1.807, 2.05) is 58.0 Å². The molecule has 0 spiro atoms. The first-order valence-electron chi connectivity index (χ1n) is 10.5. The molecule has 0 unspecified atom stereocenters. The Morgan fingerprint density at radius 1 is 1.16 bits per heavy atom. The number of ether oxygens (including phenoxy) is 1. The van der Waals surface area contributed by atoms with E-state index in [1.165, 1.54) is 6.07 Å². The van der Waals surface area contributed by atoms with Crippen LogP contribution in [0.1, 0.15) is 38.3 Å². The fourth-order valence-electron chi connectivity index (χ4n) is 4.54. The van der Waals surface area contributed by atoms with Crippen molar-refractivity contribution in [2.45, 2.75) is 44.9 Å². The molecule has 0 radical (unpaired) electrons. The molecule has 2 aromatic carbocycles. The predicted molar refractivity (Wildman–Crippen MR) is 123 cm³/mol. The second-order valence-electron chi connectivity index (χ2n) is 9.30. The van der Waals surface area contributed by atoms with Gasteiger partial charge in [0.1, 0.15) is 11.3 Å². The lowest BCUT2D eigenvalue weighted by Gasteiger charge is -2.44. The van der Waals surface area contributed by atoms with Gasteiger partial charge in [0.25, 0.3) is 5.69 Å². The van der Waals surface area contributed by atoms with Crippen LogP contribution in [0.25, 0.3) is 11.0 Å². The molecule has 0 fully saturated rings. The van der Waals surface area contributed by atoms with Gasteiger partial charge in [-0.15, -0.1) is 0 Å². The third-order valence-corrected chi connectivity index (χ3v) is 5.98. The molecule has 32 heavy (non-hydrogen) atoms. The van der Waals surface area contributed by atoms with Gasteiger partial charge < -0.3 is 14.1 Å². The summed E-state index contributed by atoms with van der Waals surface area (Å²) in [7, 11) is 3.84. The Morgan fingerprint density at radius 3 is 2.56 bits per heavy atom. The van der Waals surface area contributed by atoms with E-state index >= 15 is 0 Å². The Morgan fingerprint density at radius 2 is 1.88 bits per heavy atom. The summed E-state index contributed by atoms with van der Waals surface area (Å²) in [6.07, 6.45) is 0.486. The highest BCUT2D eigenvalue weighted by atomic mass is 16.6. The Kier molecular flexibility index (Phi) is 5.21. The number of nitrogens with zero attached hydrogens (tertiary/aromatic N) is 2. The average Bonchev–Trinajstić information content (AvgIpc) is 2.70. The van der Waals surface area contributed by atoms with Crippen LogP contribution in [0.4, 0.5) is 11.4 Å². The molecule has 1 aliphatic heterocycles. The molecule has 8 nitrogen and oxygen atoms in total. The minimum Gasteiger partial charge on any atom is -0.472 e. The molecule has 4 rings (SSSR count). The lowest BCUT2D eigenvalue weighted by Crippen LogP contribution is -2.54. The number of hydrogen-bond donors (Lipinski definition) is 1. The van der Waals surface area contributed by atoms with Crippen LogP contribution < -0.4 is 20.6 Å². The number of fused-ring (bicyclic) bond motifs is 3. The number of anilines is 1. The van der Waals surface area contributed by atoms with Gasteiger partial charge in [-0.25, -0.2) is 4.79 Å². The van der Waals surface area contributed by atoms with E-state index in [0.29, 0.717) is 28.9 Å². The molecule has 168 valence electrons. The third kappa shape index (κ3) is 3.82. The molecule has 1 atom stereocenters. The summed E-state index contributed by atoms with van der Waals surface area (Å²) in [5.74, 6) is 0.496. The van der Waals surface area contributed by atoms with Gasteiger partial charge in [-0.3, -0.25) is 15.4 Å². The summed E-state index contributed by atoms with van der Waals surface area (Å²) in [5, 5.41) is 15.4. The van der Waals surface area contributed by atoms with Gasteiger partial charge in [0.2, 0.25) is 0 Å². The van der Waals surface area contributed by atoms with Crippen molar-refractivity contribution >= 4 is 22.3 Å². The van der Waals surface area contributed by atoms with Crippen LogP contribution in [0.15, 0.2) is 51.7 Å². The van der Waals surface area contributed by atoms with E-state index < -0.39 is 16.8 Å². The van der Waals surface area contributed by atoms with Gasteiger partial charge in [0.15, 0.2) is 5.72 Å². The van der Waals surface area contributed by atoms with Crippen molar-refractivity contribution in [3.63, 3.8) is 0 Å². The predicted octanol–water partition coefficient (Wildman–Crippen LogP) is 4.33. The van der Waals surface area contributed by atoms with Gasteiger partial charge in [0, 0.05) is 55.9 Å². The second kappa shape index (κ2) is 7.63. The summed E-state index contributed by atoms with van der Waals surface area (Å²) in [6.45, 7) is 6.12. The molecule has 0 saturated carbocycles. The number of benzene rings is 2. The van der Waals surface area contributed by atoms with Crippen molar-refractivity contribution in [2.24, 2.45) is 0 Å². The number of nitro benzene ring substituents is 1. The zero-order valence-corrected chi connectivity index (χ0v) is 18.9. The van der Waals surface area contributed by atoms with Crippen molar-refractivity contribution in [1.82, 2.24) is 5.32 Å². The first kappa shape index (κ1) is 21.8. The van der Waals surface area contributed by atoms with E-state index in [-0.39, 0.29) is 17.2 Å². The summed E-state index contributed by atoms with van der Waals surface area (Å²) in [6, 6.07) is 12.3. The zero-order chi connectivity index (χ0) is 23.3. The van der Waals surface area contributed by atoms with Crippen LogP contribution in [-0.2, 0) is 12.0 Å². The molecule has 1 N–H and O–H groups in total. The molecule has 0 bridgehead atoms. The molecule has 8 heteroatoms. The molecule has 0 aliphatic carbocycles. The van der Waals surface area contributed by atoms with Crippen LogP contribution in [-0.4, -0.2) is 24.7 Å². The first-order chi connectivity index (χ1) is 15.0. The van der Waals surface area contributed by atoms with E-state index in [1.54, 1.807) is 18.2 Å². The Bertz CT molecular complexity index is 1260. The lowest BCUT2D eigenvalue weighted by atomic mass is 9.76. The Labute approximate surface area is 185 Å². The largest absolute Gasteiger partial charge is 0.472 e. The molecular formula is C24H27N3O5.